The molecule has 1 aliphatic rings. The largest absolute Gasteiger partial charge is 0.465 e. The number of alkyl halides is 3. The van der Waals surface area contributed by atoms with Crippen LogP contribution in [0.3, 0.4) is 0 Å². The minimum atomic E-state index is -4.67. The maximum atomic E-state index is 12.7. The molecule has 0 saturated heterocycles. The van der Waals surface area contributed by atoms with Crippen LogP contribution in [0.1, 0.15) is 21.6 Å². The van der Waals surface area contributed by atoms with Gasteiger partial charge in [-0.3, -0.25) is 0 Å². The van der Waals surface area contributed by atoms with Gasteiger partial charge >= 0.3 is 12.3 Å². The molecule has 3 rings (SSSR count). The van der Waals surface area contributed by atoms with Crippen LogP contribution in [0.2, 0.25) is 5.15 Å². The Kier molecular flexibility index (Phi) is 4.64. The van der Waals surface area contributed by atoms with Gasteiger partial charge in [-0.2, -0.15) is 18.4 Å². The second kappa shape index (κ2) is 6.62. The molecule has 136 valence electrons. The zero-order valence-electron chi connectivity index (χ0n) is 12.8. The average Bonchev–Trinajstić information content (AvgIpc) is 2.89. The fourth-order valence-electron chi connectivity index (χ4n) is 2.49. The number of anilines is 2. The van der Waals surface area contributed by atoms with Gasteiger partial charge in [0.1, 0.15) is 21.8 Å². The highest BCUT2D eigenvalue weighted by molar-refractivity contribution is 7.16. The lowest BCUT2D eigenvalue weighted by atomic mass is 10.0. The molecule has 1 aliphatic heterocycles. The molecular weight excluding hydrogens is 395 g/mol. The van der Waals surface area contributed by atoms with E-state index >= 15 is 0 Å². The summed E-state index contributed by atoms with van der Waals surface area (Å²) in [7, 11) is 0. The van der Waals surface area contributed by atoms with Crippen molar-refractivity contribution in [1.29, 1.82) is 5.26 Å². The third-order valence-electron chi connectivity index (χ3n) is 3.71. The summed E-state index contributed by atoms with van der Waals surface area (Å²) in [5.74, 6) is -0.187. The van der Waals surface area contributed by atoms with Gasteiger partial charge < -0.3 is 15.3 Å². The van der Waals surface area contributed by atoms with E-state index in [1.54, 1.807) is 0 Å². The van der Waals surface area contributed by atoms with Crippen LogP contribution in [0.4, 0.5) is 28.9 Å². The summed E-state index contributed by atoms with van der Waals surface area (Å²) in [6.45, 7) is 0.399. The molecule has 3 heterocycles. The lowest BCUT2D eigenvalue weighted by molar-refractivity contribution is -0.137. The molecule has 7 nitrogen and oxygen atoms in total. The molecule has 0 aliphatic carbocycles. The number of halogens is 4. The molecule has 2 N–H and O–H groups in total. The molecular formula is C14H9ClF3N5O2S. The molecule has 0 unspecified atom stereocenters. The Hall–Kier alpha value is -2.58. The summed E-state index contributed by atoms with van der Waals surface area (Å²) in [6, 6.07) is 2.03. The van der Waals surface area contributed by atoms with Gasteiger partial charge in [-0.05, 0) is 12.0 Å². The number of carbonyl (C=O) groups is 1. The van der Waals surface area contributed by atoms with E-state index in [2.05, 4.69) is 15.3 Å². The van der Waals surface area contributed by atoms with Crippen LogP contribution in [0.5, 0.6) is 0 Å². The Bertz CT molecular complexity index is 925. The fraction of sp³-hybridized carbons (Fsp3) is 0.286. The van der Waals surface area contributed by atoms with E-state index in [-0.39, 0.29) is 19.0 Å². The van der Waals surface area contributed by atoms with Crippen molar-refractivity contribution in [3.63, 3.8) is 0 Å². The standard InChI is InChI=1S/C14H9ClF3N5O2S/c15-10-8(14(16,17)18)4-20-12(21-10)22-11-7(3-19)6-1-2-23(13(24)25)5-9(6)26-11/h4H,1-2,5H2,(H,24,25)(H,20,21,22). The topological polar surface area (TPSA) is 102 Å². The van der Waals surface area contributed by atoms with Crippen LogP contribution < -0.4 is 5.32 Å². The number of nitriles is 1. The van der Waals surface area contributed by atoms with Crippen molar-refractivity contribution in [2.75, 3.05) is 11.9 Å². The van der Waals surface area contributed by atoms with E-state index in [9.17, 15) is 23.2 Å². The smallest absolute Gasteiger partial charge is 0.420 e. The number of thiophene rings is 1. The number of amides is 1. The normalized spacial score (nSPS) is 13.9. The maximum absolute atomic E-state index is 12.7. The van der Waals surface area contributed by atoms with Crippen LogP contribution in [0.15, 0.2) is 6.20 Å². The minimum Gasteiger partial charge on any atom is -0.465 e. The average molecular weight is 404 g/mol. The number of fused-ring (bicyclic) bond motifs is 1. The third-order valence-corrected chi connectivity index (χ3v) is 5.13. The number of aromatic nitrogens is 2. The summed E-state index contributed by atoms with van der Waals surface area (Å²) < 4.78 is 38.1. The second-order valence-corrected chi connectivity index (χ2v) is 6.76. The van der Waals surface area contributed by atoms with Crippen molar-refractivity contribution >= 4 is 40.0 Å². The van der Waals surface area contributed by atoms with Gasteiger partial charge in [0.25, 0.3) is 0 Å². The summed E-state index contributed by atoms with van der Waals surface area (Å²) in [6.07, 6.45) is -4.80. The minimum absolute atomic E-state index is 0.139. The lowest BCUT2D eigenvalue weighted by Gasteiger charge is -2.23. The van der Waals surface area contributed by atoms with Crippen molar-refractivity contribution < 1.29 is 23.1 Å². The molecule has 12 heteroatoms. The van der Waals surface area contributed by atoms with Gasteiger partial charge in [-0.25, -0.2) is 14.8 Å². The van der Waals surface area contributed by atoms with Crippen LogP contribution in [0, 0.1) is 11.3 Å². The van der Waals surface area contributed by atoms with E-state index in [0.717, 1.165) is 16.9 Å². The molecule has 0 saturated carbocycles. The van der Waals surface area contributed by atoms with Crippen LogP contribution >= 0.6 is 22.9 Å². The predicted octanol–water partition coefficient (Wildman–Crippen LogP) is 3.86. The third kappa shape index (κ3) is 3.38. The summed E-state index contributed by atoms with van der Waals surface area (Å²) in [5, 5.41) is 20.7. The first kappa shape index (κ1) is 18.2. The number of rotatable bonds is 2. The van der Waals surface area contributed by atoms with Gasteiger partial charge in [0.2, 0.25) is 5.95 Å². The van der Waals surface area contributed by atoms with E-state index < -0.39 is 23.0 Å². The zero-order chi connectivity index (χ0) is 19.1. The predicted molar refractivity (Wildman–Crippen MR) is 86.5 cm³/mol. The van der Waals surface area contributed by atoms with Crippen molar-refractivity contribution in [2.24, 2.45) is 0 Å². The molecule has 2 aromatic rings. The van der Waals surface area contributed by atoms with Gasteiger partial charge in [0.15, 0.2) is 0 Å². The zero-order valence-corrected chi connectivity index (χ0v) is 14.3. The van der Waals surface area contributed by atoms with Crippen molar-refractivity contribution in [3.8, 4) is 6.07 Å². The van der Waals surface area contributed by atoms with Crippen LogP contribution in [0.25, 0.3) is 0 Å². The highest BCUT2D eigenvalue weighted by Crippen LogP contribution is 2.38. The van der Waals surface area contributed by atoms with Gasteiger partial charge in [0.05, 0.1) is 12.1 Å². The lowest BCUT2D eigenvalue weighted by Crippen LogP contribution is -2.34. The van der Waals surface area contributed by atoms with E-state index in [1.807, 2.05) is 6.07 Å². The number of carboxylic acid groups (broad SMARTS) is 1. The summed E-state index contributed by atoms with van der Waals surface area (Å²) >= 11 is 6.70. The molecule has 0 radical (unpaired) electrons. The van der Waals surface area contributed by atoms with Crippen molar-refractivity contribution in [2.45, 2.75) is 19.1 Å². The first-order chi connectivity index (χ1) is 12.2. The van der Waals surface area contributed by atoms with E-state index in [1.165, 1.54) is 4.90 Å². The van der Waals surface area contributed by atoms with E-state index in [0.29, 0.717) is 28.1 Å². The van der Waals surface area contributed by atoms with Crippen molar-refractivity contribution in [1.82, 2.24) is 14.9 Å². The maximum Gasteiger partial charge on any atom is 0.420 e. The summed E-state index contributed by atoms with van der Waals surface area (Å²) in [4.78, 5) is 20.2. The van der Waals surface area contributed by atoms with E-state index in [4.69, 9.17) is 16.7 Å². The number of hydrogen-bond donors (Lipinski definition) is 2. The second-order valence-electron chi connectivity index (χ2n) is 5.29. The molecule has 1 amide bonds. The molecule has 0 aromatic carbocycles. The van der Waals surface area contributed by atoms with Gasteiger partial charge in [-0.1, -0.05) is 11.6 Å². The molecule has 0 spiro atoms. The van der Waals surface area contributed by atoms with Crippen LogP contribution in [-0.4, -0.2) is 32.6 Å². The number of nitrogens with zero attached hydrogens (tertiary/aromatic N) is 4. The Morgan fingerprint density at radius 2 is 2.23 bits per heavy atom. The molecule has 0 bridgehead atoms. The Labute approximate surface area is 153 Å². The summed E-state index contributed by atoms with van der Waals surface area (Å²) in [5.41, 5.74) is -0.141. The van der Waals surface area contributed by atoms with Crippen molar-refractivity contribution in [3.05, 3.63) is 32.9 Å². The fourth-order valence-corrected chi connectivity index (χ4v) is 3.93. The number of hydrogen-bond acceptors (Lipinski definition) is 6. The highest BCUT2D eigenvalue weighted by atomic mass is 35.5. The van der Waals surface area contributed by atoms with Gasteiger partial charge in [-0.15, -0.1) is 11.3 Å². The molecule has 26 heavy (non-hydrogen) atoms. The molecule has 0 fully saturated rings. The highest BCUT2D eigenvalue weighted by Gasteiger charge is 2.35. The Morgan fingerprint density at radius 1 is 1.50 bits per heavy atom. The van der Waals surface area contributed by atoms with Crippen LogP contribution in [-0.2, 0) is 19.1 Å². The number of nitrogens with one attached hydrogen (secondary N) is 1. The Balaban J connectivity index is 1.91. The van der Waals surface area contributed by atoms with Gasteiger partial charge in [0, 0.05) is 17.6 Å². The quantitative estimate of drug-likeness (QED) is 0.738. The molecule has 2 aromatic heterocycles. The monoisotopic (exact) mass is 403 g/mol. The first-order valence-electron chi connectivity index (χ1n) is 7.10. The molecule has 0 atom stereocenters. The Morgan fingerprint density at radius 3 is 2.81 bits per heavy atom. The SMILES string of the molecule is N#Cc1c(Nc2ncc(C(F)(F)F)c(Cl)n2)sc2c1CCN(C(=O)O)C2. The first-order valence-corrected chi connectivity index (χ1v) is 8.29.